The van der Waals surface area contributed by atoms with Gasteiger partial charge in [-0.25, -0.2) is 4.39 Å². The minimum Gasteiger partial charge on any atom is -0.493 e. The zero-order valence-corrected chi connectivity index (χ0v) is 18.0. The number of aromatic nitrogens is 4. The van der Waals surface area contributed by atoms with Gasteiger partial charge in [-0.1, -0.05) is 23.8 Å². The molecule has 8 heteroatoms. The van der Waals surface area contributed by atoms with E-state index in [1.165, 1.54) is 12.1 Å². The Morgan fingerprint density at radius 1 is 1.07 bits per heavy atom. The molecule has 6 nitrogen and oxygen atoms in total. The molecule has 4 aromatic rings. The fourth-order valence-electron chi connectivity index (χ4n) is 3.50. The number of aryl methyl sites for hydroxylation is 1. The molecule has 0 aliphatic carbocycles. The summed E-state index contributed by atoms with van der Waals surface area (Å²) in [6, 6.07) is 12.3. The quantitative estimate of drug-likeness (QED) is 0.365. The van der Waals surface area contributed by atoms with Crippen LogP contribution in [0.4, 0.5) is 4.39 Å². The Labute approximate surface area is 178 Å². The summed E-state index contributed by atoms with van der Waals surface area (Å²) < 4.78 is 26.7. The van der Waals surface area contributed by atoms with Crippen molar-refractivity contribution < 1.29 is 18.4 Å². The van der Waals surface area contributed by atoms with Gasteiger partial charge in [0.2, 0.25) is 0 Å². The van der Waals surface area contributed by atoms with Gasteiger partial charge in [-0.2, -0.15) is 4.57 Å². The molecule has 2 aromatic carbocycles. The van der Waals surface area contributed by atoms with Gasteiger partial charge in [0, 0.05) is 10.9 Å². The van der Waals surface area contributed by atoms with E-state index in [1.54, 1.807) is 38.1 Å². The maximum absolute atomic E-state index is 13.7. The van der Waals surface area contributed by atoms with E-state index in [0.29, 0.717) is 22.6 Å². The number of ether oxygens (including phenoxy) is 2. The first-order valence-electron chi connectivity index (χ1n) is 9.48. The molecule has 0 saturated heterocycles. The van der Waals surface area contributed by atoms with Crippen LogP contribution in [-0.4, -0.2) is 35.2 Å². The van der Waals surface area contributed by atoms with Gasteiger partial charge in [0.1, 0.15) is 11.5 Å². The molecule has 0 aliphatic heterocycles. The topological polar surface area (TPSA) is 63.9 Å². The monoisotopic (exact) mass is 425 g/mol. The van der Waals surface area contributed by atoms with Gasteiger partial charge in [0.15, 0.2) is 11.5 Å². The number of aromatic amines is 1. The lowest BCUT2D eigenvalue weighted by Gasteiger charge is -2.15. The maximum Gasteiger partial charge on any atom is 0.423 e. The highest BCUT2D eigenvalue weighted by molar-refractivity contribution is 7.99. The van der Waals surface area contributed by atoms with E-state index in [9.17, 15) is 4.39 Å². The van der Waals surface area contributed by atoms with Crippen molar-refractivity contribution in [2.24, 2.45) is 0 Å². The van der Waals surface area contributed by atoms with Crippen molar-refractivity contribution in [1.29, 1.82) is 0 Å². The van der Waals surface area contributed by atoms with E-state index in [1.807, 2.05) is 23.6 Å². The second-order valence-corrected chi connectivity index (χ2v) is 7.88. The zero-order valence-electron chi connectivity index (χ0n) is 17.2. The minimum absolute atomic E-state index is 0.289. The van der Waals surface area contributed by atoms with Crippen molar-refractivity contribution in [2.75, 3.05) is 20.0 Å². The molecule has 0 aliphatic rings. The van der Waals surface area contributed by atoms with Crippen molar-refractivity contribution in [3.63, 3.8) is 0 Å². The van der Waals surface area contributed by atoms with Gasteiger partial charge in [0.05, 0.1) is 19.9 Å². The predicted octanol–water partition coefficient (Wildman–Crippen LogP) is 4.48. The number of fused-ring (bicyclic) bond motifs is 1. The Morgan fingerprint density at radius 2 is 1.77 bits per heavy atom. The SMILES string of the molecule is CCSc1n[nH]c(-[n+]2c(C)cc3cc(OC)c(OC)cc3c2-c2ccc(F)cc2)n1. The van der Waals surface area contributed by atoms with Crippen molar-refractivity contribution in [3.8, 4) is 28.7 Å². The van der Waals surface area contributed by atoms with E-state index < -0.39 is 0 Å². The smallest absolute Gasteiger partial charge is 0.423 e. The molecule has 1 N–H and O–H groups in total. The number of benzene rings is 2. The lowest BCUT2D eigenvalue weighted by Crippen LogP contribution is -2.38. The second-order valence-electron chi connectivity index (χ2n) is 6.65. The zero-order chi connectivity index (χ0) is 21.3. The molecule has 4 rings (SSSR count). The molecule has 2 aromatic heterocycles. The van der Waals surface area contributed by atoms with Crippen LogP contribution in [0.1, 0.15) is 12.6 Å². The summed E-state index contributed by atoms with van der Waals surface area (Å²) in [6.07, 6.45) is 0. The number of hydrogen-bond donors (Lipinski definition) is 1. The number of pyridine rings is 1. The summed E-state index contributed by atoms with van der Waals surface area (Å²) in [6.45, 7) is 4.05. The number of rotatable bonds is 6. The Morgan fingerprint density at radius 3 is 2.43 bits per heavy atom. The highest BCUT2D eigenvalue weighted by Gasteiger charge is 2.24. The molecule has 0 bridgehead atoms. The maximum atomic E-state index is 13.7. The first kappa shape index (κ1) is 20.2. The van der Waals surface area contributed by atoms with E-state index >= 15 is 0 Å². The molecule has 0 atom stereocenters. The Hall–Kier alpha value is -3.13. The molecule has 30 heavy (non-hydrogen) atoms. The summed E-state index contributed by atoms with van der Waals surface area (Å²) in [5, 5.41) is 9.93. The molecule has 154 valence electrons. The van der Waals surface area contributed by atoms with Gasteiger partial charge >= 0.3 is 5.95 Å². The number of nitrogens with one attached hydrogen (secondary N) is 1. The predicted molar refractivity (Wildman–Crippen MR) is 115 cm³/mol. The summed E-state index contributed by atoms with van der Waals surface area (Å²) in [5.74, 6) is 2.44. The fourth-order valence-corrected chi connectivity index (χ4v) is 4.02. The van der Waals surface area contributed by atoms with Crippen molar-refractivity contribution in [2.45, 2.75) is 19.0 Å². The highest BCUT2D eigenvalue weighted by atomic mass is 32.2. The minimum atomic E-state index is -0.289. The Kier molecular flexibility index (Phi) is 5.59. The summed E-state index contributed by atoms with van der Waals surface area (Å²) in [7, 11) is 3.22. The van der Waals surface area contributed by atoms with Crippen LogP contribution in [-0.2, 0) is 0 Å². The van der Waals surface area contributed by atoms with E-state index in [-0.39, 0.29) is 5.82 Å². The lowest BCUT2D eigenvalue weighted by molar-refractivity contribution is -0.597. The van der Waals surface area contributed by atoms with E-state index in [0.717, 1.165) is 33.5 Å². The largest absolute Gasteiger partial charge is 0.493 e. The normalized spacial score (nSPS) is 11.1. The van der Waals surface area contributed by atoms with Crippen LogP contribution in [0.3, 0.4) is 0 Å². The molecule has 0 radical (unpaired) electrons. The van der Waals surface area contributed by atoms with Crippen molar-refractivity contribution in [1.82, 2.24) is 15.2 Å². The summed E-state index contributed by atoms with van der Waals surface area (Å²) >= 11 is 1.56. The number of methoxy groups -OCH3 is 2. The van der Waals surface area contributed by atoms with Crippen molar-refractivity contribution >= 4 is 22.5 Å². The first-order valence-corrected chi connectivity index (χ1v) is 10.5. The van der Waals surface area contributed by atoms with Gasteiger partial charge in [0.25, 0.3) is 5.16 Å². The van der Waals surface area contributed by atoms with Crippen LogP contribution in [0.5, 0.6) is 11.5 Å². The number of nitrogens with zero attached hydrogens (tertiary/aromatic N) is 3. The van der Waals surface area contributed by atoms with Crippen LogP contribution in [0.2, 0.25) is 0 Å². The molecule has 0 amide bonds. The molecule has 0 fully saturated rings. The molecule has 0 unspecified atom stereocenters. The number of H-pyrrole nitrogens is 1. The average molecular weight is 426 g/mol. The molecular weight excluding hydrogens is 403 g/mol. The number of thioether (sulfide) groups is 1. The number of halogens is 1. The molecular formula is C22H22FN4O2S+. The standard InChI is InChI=1S/C22H22FN4O2S/c1-5-30-22-24-21(25-26-22)27-13(2)10-15-11-18(28-3)19(29-4)12-17(15)20(27)14-6-8-16(23)9-7-14/h6-12H,5H2,1-4H3,(H,24,25,26)/q+1. The molecule has 2 heterocycles. The van der Waals surface area contributed by atoms with Crippen LogP contribution >= 0.6 is 11.8 Å². The van der Waals surface area contributed by atoms with Crippen LogP contribution in [0, 0.1) is 12.7 Å². The van der Waals surface area contributed by atoms with Crippen LogP contribution in [0.25, 0.3) is 28.0 Å². The molecule has 0 saturated carbocycles. The average Bonchev–Trinajstić information content (AvgIpc) is 3.21. The number of hydrogen-bond acceptors (Lipinski definition) is 5. The van der Waals surface area contributed by atoms with Crippen LogP contribution < -0.4 is 14.0 Å². The lowest BCUT2D eigenvalue weighted by atomic mass is 10.0. The highest BCUT2D eigenvalue weighted by Crippen LogP contribution is 2.36. The Bertz CT molecular complexity index is 1210. The van der Waals surface area contributed by atoms with E-state index in [2.05, 4.69) is 28.2 Å². The van der Waals surface area contributed by atoms with Gasteiger partial charge in [-0.05, 0) is 65.5 Å². The fraction of sp³-hybridized carbons (Fsp3) is 0.227. The van der Waals surface area contributed by atoms with Crippen LogP contribution in [0.15, 0.2) is 47.6 Å². The first-order chi connectivity index (χ1) is 14.5. The van der Waals surface area contributed by atoms with Gasteiger partial charge < -0.3 is 9.47 Å². The summed E-state index contributed by atoms with van der Waals surface area (Å²) in [5.41, 5.74) is 2.65. The van der Waals surface area contributed by atoms with Crippen molar-refractivity contribution in [3.05, 3.63) is 54.0 Å². The molecule has 0 spiro atoms. The van der Waals surface area contributed by atoms with Gasteiger partial charge in [-0.3, -0.25) is 0 Å². The second kappa shape index (κ2) is 8.31. The third-order valence-corrected chi connectivity index (χ3v) is 5.54. The Balaban J connectivity index is 2.07. The third kappa shape index (κ3) is 3.59. The van der Waals surface area contributed by atoms with E-state index in [4.69, 9.17) is 9.47 Å². The summed E-state index contributed by atoms with van der Waals surface area (Å²) in [4.78, 5) is 4.65. The van der Waals surface area contributed by atoms with Gasteiger partial charge in [-0.15, -0.1) is 5.10 Å². The third-order valence-electron chi connectivity index (χ3n) is 4.81.